The number of nitrogens with zero attached hydrogens (tertiary/aromatic N) is 4. The van der Waals surface area contributed by atoms with Gasteiger partial charge in [0.15, 0.2) is 17.1 Å². The highest BCUT2D eigenvalue weighted by molar-refractivity contribution is 6.04. The van der Waals surface area contributed by atoms with Crippen LogP contribution in [0.25, 0.3) is 16.8 Å². The zero-order valence-corrected chi connectivity index (χ0v) is 13.2. The summed E-state index contributed by atoms with van der Waals surface area (Å²) in [5.74, 6) is 1.28. The number of carbonyl (C=O) groups excluding carboxylic acids is 1. The van der Waals surface area contributed by atoms with Crippen molar-refractivity contribution >= 4 is 22.7 Å². The van der Waals surface area contributed by atoms with Crippen LogP contribution in [0.1, 0.15) is 10.6 Å². The summed E-state index contributed by atoms with van der Waals surface area (Å²) in [7, 11) is 1.55. The van der Waals surface area contributed by atoms with Gasteiger partial charge in [0.25, 0.3) is 5.91 Å². The third kappa shape index (κ3) is 2.80. The molecule has 0 bridgehead atoms. The van der Waals surface area contributed by atoms with Crippen LogP contribution in [0.15, 0.2) is 59.8 Å². The van der Waals surface area contributed by atoms with Crippen molar-refractivity contribution in [2.45, 2.75) is 0 Å². The van der Waals surface area contributed by atoms with Gasteiger partial charge in [-0.25, -0.2) is 15.0 Å². The van der Waals surface area contributed by atoms with Gasteiger partial charge < -0.3 is 14.5 Å². The molecule has 0 aliphatic carbocycles. The number of nitrogens with one attached hydrogen (secondary N) is 1. The van der Waals surface area contributed by atoms with Gasteiger partial charge in [-0.1, -0.05) is 12.1 Å². The number of rotatable bonds is 4. The molecule has 1 amide bonds. The highest BCUT2D eigenvalue weighted by atomic mass is 16.5. The first-order chi connectivity index (χ1) is 12.2. The fraction of sp³-hybridized carbons (Fsp3) is 0.0588. The van der Waals surface area contributed by atoms with Gasteiger partial charge in [-0.2, -0.15) is 0 Å². The molecule has 3 heterocycles. The normalized spacial score (nSPS) is 10.8. The number of anilines is 1. The first kappa shape index (κ1) is 14.9. The van der Waals surface area contributed by atoms with E-state index in [1.54, 1.807) is 48.6 Å². The van der Waals surface area contributed by atoms with Crippen LogP contribution in [-0.4, -0.2) is 32.5 Å². The van der Waals surface area contributed by atoms with Crippen LogP contribution in [0.3, 0.4) is 0 Å². The Morgan fingerprint density at radius 1 is 1.28 bits per heavy atom. The van der Waals surface area contributed by atoms with Crippen LogP contribution in [0.5, 0.6) is 5.75 Å². The van der Waals surface area contributed by atoms with Crippen molar-refractivity contribution in [2.24, 2.45) is 0 Å². The summed E-state index contributed by atoms with van der Waals surface area (Å²) < 4.78 is 12.6. The number of imidazole rings is 1. The van der Waals surface area contributed by atoms with Gasteiger partial charge in [0.05, 0.1) is 7.11 Å². The smallest absolute Gasteiger partial charge is 0.292 e. The molecule has 0 aliphatic rings. The van der Waals surface area contributed by atoms with Crippen molar-refractivity contribution in [3.05, 3.63) is 61.1 Å². The Morgan fingerprint density at radius 2 is 2.20 bits per heavy atom. The van der Waals surface area contributed by atoms with E-state index in [0.29, 0.717) is 23.0 Å². The lowest BCUT2D eigenvalue weighted by molar-refractivity contribution is 0.0998. The predicted molar refractivity (Wildman–Crippen MR) is 89.9 cm³/mol. The molecule has 8 heteroatoms. The average molecular weight is 335 g/mol. The van der Waals surface area contributed by atoms with Gasteiger partial charge in [-0.15, -0.1) is 0 Å². The SMILES string of the molecule is COc1cccc2cc(C(=O)Nc3cc(-n4ccnc4)ncn3)oc12. The van der Waals surface area contributed by atoms with E-state index in [4.69, 9.17) is 9.15 Å². The number of amides is 1. The molecule has 0 radical (unpaired) electrons. The fourth-order valence-corrected chi connectivity index (χ4v) is 2.44. The van der Waals surface area contributed by atoms with E-state index in [1.165, 1.54) is 6.33 Å². The zero-order valence-electron chi connectivity index (χ0n) is 13.2. The molecule has 0 saturated carbocycles. The van der Waals surface area contributed by atoms with Gasteiger partial charge in [0.2, 0.25) is 0 Å². The van der Waals surface area contributed by atoms with Crippen LogP contribution in [0.4, 0.5) is 5.82 Å². The second kappa shape index (κ2) is 6.08. The molecule has 0 fully saturated rings. The lowest BCUT2D eigenvalue weighted by Crippen LogP contribution is -2.12. The summed E-state index contributed by atoms with van der Waals surface area (Å²) in [4.78, 5) is 24.6. The first-order valence-corrected chi connectivity index (χ1v) is 7.43. The maximum atomic E-state index is 12.5. The number of fused-ring (bicyclic) bond motifs is 1. The van der Waals surface area contributed by atoms with Gasteiger partial charge >= 0.3 is 0 Å². The van der Waals surface area contributed by atoms with Gasteiger partial charge in [0, 0.05) is 23.8 Å². The van der Waals surface area contributed by atoms with Crippen LogP contribution >= 0.6 is 0 Å². The minimum Gasteiger partial charge on any atom is -0.493 e. The number of para-hydroxylation sites is 1. The molecule has 1 aromatic carbocycles. The van der Waals surface area contributed by atoms with Gasteiger partial charge in [-0.05, 0) is 12.1 Å². The third-order valence-corrected chi connectivity index (χ3v) is 3.61. The molecule has 0 saturated heterocycles. The molecule has 124 valence electrons. The largest absolute Gasteiger partial charge is 0.493 e. The number of benzene rings is 1. The van der Waals surface area contributed by atoms with Crippen LogP contribution in [0.2, 0.25) is 0 Å². The molecule has 0 spiro atoms. The molecule has 4 aromatic rings. The second-order valence-corrected chi connectivity index (χ2v) is 5.17. The van der Waals surface area contributed by atoms with Gasteiger partial charge in [-0.3, -0.25) is 9.36 Å². The summed E-state index contributed by atoms with van der Waals surface area (Å²) in [6.45, 7) is 0. The number of aromatic nitrogens is 4. The quantitative estimate of drug-likeness (QED) is 0.616. The molecular formula is C17H13N5O3. The molecule has 0 atom stereocenters. The molecule has 25 heavy (non-hydrogen) atoms. The monoisotopic (exact) mass is 335 g/mol. The van der Waals surface area contributed by atoms with E-state index in [-0.39, 0.29) is 5.76 Å². The molecule has 8 nitrogen and oxygen atoms in total. The summed E-state index contributed by atoms with van der Waals surface area (Å²) in [5.41, 5.74) is 0.525. The average Bonchev–Trinajstić information content (AvgIpc) is 3.31. The van der Waals surface area contributed by atoms with Crippen LogP contribution in [0, 0.1) is 0 Å². The van der Waals surface area contributed by atoms with Crippen molar-refractivity contribution < 1.29 is 13.9 Å². The molecule has 1 N–H and O–H groups in total. The minimum absolute atomic E-state index is 0.169. The molecule has 0 unspecified atom stereocenters. The van der Waals surface area contributed by atoms with Crippen LogP contribution in [-0.2, 0) is 0 Å². The van der Waals surface area contributed by atoms with Crippen molar-refractivity contribution in [1.29, 1.82) is 0 Å². The number of carbonyl (C=O) groups is 1. The number of hydrogen-bond acceptors (Lipinski definition) is 6. The lowest BCUT2D eigenvalue weighted by Gasteiger charge is -2.05. The van der Waals surface area contributed by atoms with E-state index in [0.717, 1.165) is 5.39 Å². The molecular weight excluding hydrogens is 322 g/mol. The van der Waals surface area contributed by atoms with Crippen LogP contribution < -0.4 is 10.1 Å². The second-order valence-electron chi connectivity index (χ2n) is 5.17. The maximum Gasteiger partial charge on any atom is 0.292 e. The van der Waals surface area contributed by atoms with Crippen molar-refractivity contribution in [3.8, 4) is 11.6 Å². The van der Waals surface area contributed by atoms with E-state index < -0.39 is 5.91 Å². The minimum atomic E-state index is -0.409. The Morgan fingerprint density at radius 3 is 3.00 bits per heavy atom. The topological polar surface area (TPSA) is 95.1 Å². The van der Waals surface area contributed by atoms with Crippen molar-refractivity contribution in [3.63, 3.8) is 0 Å². The number of furan rings is 1. The Hall–Kier alpha value is -3.68. The number of hydrogen-bond donors (Lipinski definition) is 1. The Bertz CT molecular complexity index is 1040. The lowest BCUT2D eigenvalue weighted by atomic mass is 10.2. The summed E-state index contributed by atoms with van der Waals surface area (Å²) in [5, 5.41) is 3.48. The Labute approximate surface area is 142 Å². The third-order valence-electron chi connectivity index (χ3n) is 3.61. The van der Waals surface area contributed by atoms with Crippen molar-refractivity contribution in [2.75, 3.05) is 12.4 Å². The Kier molecular flexibility index (Phi) is 3.62. The molecule has 0 aliphatic heterocycles. The Balaban J connectivity index is 1.61. The summed E-state index contributed by atoms with van der Waals surface area (Å²) in [6.07, 6.45) is 6.37. The highest BCUT2D eigenvalue weighted by Crippen LogP contribution is 2.28. The number of ether oxygens (including phenoxy) is 1. The zero-order chi connectivity index (χ0) is 17.2. The molecule has 3 aromatic heterocycles. The number of methoxy groups -OCH3 is 1. The van der Waals surface area contributed by atoms with Gasteiger partial charge in [0.1, 0.15) is 24.3 Å². The fourth-order valence-electron chi connectivity index (χ4n) is 2.44. The maximum absolute atomic E-state index is 12.5. The molecule has 4 rings (SSSR count). The first-order valence-electron chi connectivity index (χ1n) is 7.43. The van der Waals surface area contributed by atoms with Crippen molar-refractivity contribution in [1.82, 2.24) is 19.5 Å². The predicted octanol–water partition coefficient (Wildman–Crippen LogP) is 2.67. The van der Waals surface area contributed by atoms with E-state index in [2.05, 4.69) is 20.3 Å². The highest BCUT2D eigenvalue weighted by Gasteiger charge is 2.15. The summed E-state index contributed by atoms with van der Waals surface area (Å²) >= 11 is 0. The summed E-state index contributed by atoms with van der Waals surface area (Å²) in [6, 6.07) is 8.75. The van der Waals surface area contributed by atoms with E-state index in [9.17, 15) is 4.79 Å². The standard InChI is InChI=1S/C17H13N5O3/c1-24-12-4-2-3-11-7-13(25-16(11)12)17(23)21-14-8-15(20-9-19-14)22-6-5-18-10-22/h2-10H,1H3,(H,19,20,21,23). The van der Waals surface area contributed by atoms with E-state index in [1.807, 2.05) is 12.1 Å². The van der Waals surface area contributed by atoms with E-state index >= 15 is 0 Å².